The largest absolute Gasteiger partial charge is 0.326 e. The van der Waals surface area contributed by atoms with E-state index in [9.17, 15) is 9.59 Å². The van der Waals surface area contributed by atoms with Crippen LogP contribution in [0, 0.1) is 6.92 Å². The summed E-state index contributed by atoms with van der Waals surface area (Å²) in [5.74, 6) is -0.248. The molecule has 0 aliphatic carbocycles. The maximum absolute atomic E-state index is 13.1. The van der Waals surface area contributed by atoms with Crippen molar-refractivity contribution >= 4 is 40.1 Å². The molecule has 1 fully saturated rings. The molecule has 0 spiro atoms. The smallest absolute Gasteiger partial charge is 0.243 e. The fourth-order valence-corrected chi connectivity index (χ4v) is 4.31. The highest BCUT2D eigenvalue weighted by Crippen LogP contribution is 2.36. The monoisotopic (exact) mass is 395 g/mol. The fraction of sp³-hybridized carbons (Fsp3) is 0.318. The number of para-hydroxylation sites is 2. The van der Waals surface area contributed by atoms with Crippen LogP contribution in [0.5, 0.6) is 0 Å². The average molecular weight is 396 g/mol. The first-order valence-corrected chi connectivity index (χ1v) is 10.1. The third-order valence-electron chi connectivity index (χ3n) is 4.38. The van der Waals surface area contributed by atoms with Crippen molar-refractivity contribution in [3.63, 3.8) is 0 Å². The Labute approximate surface area is 170 Å². The minimum Gasteiger partial charge on any atom is -0.326 e. The van der Waals surface area contributed by atoms with Gasteiger partial charge < -0.3 is 5.32 Å². The predicted molar refractivity (Wildman–Crippen MR) is 116 cm³/mol. The minimum absolute atomic E-state index is 0.0767. The molecule has 1 saturated heterocycles. The summed E-state index contributed by atoms with van der Waals surface area (Å²) in [6.45, 7) is 7.86. The fourth-order valence-electron chi connectivity index (χ4n) is 2.99. The number of amidine groups is 1. The van der Waals surface area contributed by atoms with Crippen LogP contribution < -0.4 is 5.32 Å². The van der Waals surface area contributed by atoms with Crippen molar-refractivity contribution < 1.29 is 9.59 Å². The molecule has 146 valence electrons. The Morgan fingerprint density at radius 3 is 2.39 bits per heavy atom. The molecule has 0 unspecified atom stereocenters. The molecule has 1 N–H and O–H groups in total. The molecule has 2 aromatic rings. The number of aliphatic imine (C=N–C) groups is 1. The van der Waals surface area contributed by atoms with Crippen LogP contribution in [0.3, 0.4) is 0 Å². The Bertz CT molecular complexity index is 903. The van der Waals surface area contributed by atoms with E-state index in [1.807, 2.05) is 82.3 Å². The van der Waals surface area contributed by atoms with Crippen molar-refractivity contribution in [2.24, 2.45) is 4.99 Å². The molecular weight excluding hydrogens is 370 g/mol. The van der Waals surface area contributed by atoms with Gasteiger partial charge in [-0.15, -0.1) is 0 Å². The number of carbonyl (C=O) groups excluding carboxylic acids is 2. The normalized spacial score (nSPS) is 18.6. The maximum Gasteiger partial charge on any atom is 0.243 e. The van der Waals surface area contributed by atoms with Gasteiger partial charge in [0.2, 0.25) is 11.8 Å². The van der Waals surface area contributed by atoms with Crippen molar-refractivity contribution in [1.82, 2.24) is 4.90 Å². The highest BCUT2D eigenvalue weighted by Gasteiger charge is 2.44. The molecule has 0 bridgehead atoms. The van der Waals surface area contributed by atoms with Crippen molar-refractivity contribution in [2.75, 3.05) is 5.32 Å². The first-order valence-electron chi connectivity index (χ1n) is 9.25. The summed E-state index contributed by atoms with van der Waals surface area (Å²) in [5.41, 5.74) is 2.13. The van der Waals surface area contributed by atoms with E-state index >= 15 is 0 Å². The molecule has 0 aromatic heterocycles. The summed E-state index contributed by atoms with van der Waals surface area (Å²) in [4.78, 5) is 32.0. The molecule has 1 heterocycles. The van der Waals surface area contributed by atoms with Gasteiger partial charge in [-0.2, -0.15) is 0 Å². The van der Waals surface area contributed by atoms with E-state index < -0.39 is 10.8 Å². The highest BCUT2D eigenvalue weighted by molar-refractivity contribution is 8.15. The van der Waals surface area contributed by atoms with Gasteiger partial charge in [0.25, 0.3) is 0 Å². The summed E-state index contributed by atoms with van der Waals surface area (Å²) < 4.78 is 0. The Morgan fingerprint density at radius 2 is 1.75 bits per heavy atom. The molecule has 2 aromatic carbocycles. The topological polar surface area (TPSA) is 61.8 Å². The standard InChI is InChI=1S/C22H25N3O2S/c1-15-10-8-9-13-17(15)24-19(26)14-18-20(27)25(22(2,3)4)21(28-18)23-16-11-6-5-7-12-16/h5-13,18H,14H2,1-4H3,(H,24,26)/t18-/m0/s1. The number of amides is 2. The quantitative estimate of drug-likeness (QED) is 0.812. The summed E-state index contributed by atoms with van der Waals surface area (Å²) in [5, 5.41) is 3.07. The number of anilines is 1. The third-order valence-corrected chi connectivity index (χ3v) is 5.51. The number of nitrogens with zero attached hydrogens (tertiary/aromatic N) is 2. The lowest BCUT2D eigenvalue weighted by Crippen LogP contribution is -2.46. The van der Waals surface area contributed by atoms with Gasteiger partial charge >= 0.3 is 0 Å². The summed E-state index contributed by atoms with van der Waals surface area (Å²) in [6.07, 6.45) is 0.109. The van der Waals surface area contributed by atoms with Crippen LogP contribution in [-0.2, 0) is 9.59 Å². The number of hydrogen-bond acceptors (Lipinski definition) is 4. The van der Waals surface area contributed by atoms with E-state index in [4.69, 9.17) is 0 Å². The number of carbonyl (C=O) groups is 2. The number of nitrogens with one attached hydrogen (secondary N) is 1. The Kier molecular flexibility index (Phi) is 5.89. The second-order valence-electron chi connectivity index (χ2n) is 7.75. The van der Waals surface area contributed by atoms with Crippen LogP contribution in [0.25, 0.3) is 0 Å². The van der Waals surface area contributed by atoms with Crippen LogP contribution in [0.4, 0.5) is 11.4 Å². The molecule has 3 rings (SSSR count). The van der Waals surface area contributed by atoms with Gasteiger partial charge in [-0.3, -0.25) is 14.5 Å². The number of rotatable bonds is 4. The third kappa shape index (κ3) is 4.62. The second kappa shape index (κ2) is 8.19. The Hall–Kier alpha value is -2.60. The van der Waals surface area contributed by atoms with Crippen LogP contribution in [0.1, 0.15) is 32.8 Å². The lowest BCUT2D eigenvalue weighted by atomic mass is 10.1. The summed E-state index contributed by atoms with van der Waals surface area (Å²) >= 11 is 1.36. The minimum atomic E-state index is -0.481. The zero-order valence-corrected chi connectivity index (χ0v) is 17.4. The molecule has 2 amide bonds. The Balaban J connectivity index is 1.79. The molecule has 1 aliphatic rings. The Morgan fingerprint density at radius 1 is 1.11 bits per heavy atom. The van der Waals surface area contributed by atoms with E-state index in [0.29, 0.717) is 5.17 Å². The highest BCUT2D eigenvalue weighted by atomic mass is 32.2. The molecule has 6 heteroatoms. The van der Waals surface area contributed by atoms with Gasteiger partial charge in [0.15, 0.2) is 5.17 Å². The molecule has 5 nitrogen and oxygen atoms in total. The van der Waals surface area contributed by atoms with Gasteiger partial charge in [0.05, 0.1) is 5.69 Å². The summed E-state index contributed by atoms with van der Waals surface area (Å²) in [7, 11) is 0. The van der Waals surface area contributed by atoms with Gasteiger partial charge in [-0.25, -0.2) is 4.99 Å². The first kappa shape index (κ1) is 20.1. The van der Waals surface area contributed by atoms with Gasteiger partial charge in [-0.1, -0.05) is 48.2 Å². The number of thioether (sulfide) groups is 1. The van der Waals surface area contributed by atoms with Gasteiger partial charge in [0, 0.05) is 17.6 Å². The first-order chi connectivity index (χ1) is 13.3. The molecule has 1 atom stereocenters. The van der Waals surface area contributed by atoms with Crippen molar-refractivity contribution in [1.29, 1.82) is 0 Å². The molecule has 28 heavy (non-hydrogen) atoms. The molecule has 0 saturated carbocycles. The maximum atomic E-state index is 13.1. The predicted octanol–water partition coefficient (Wildman–Crippen LogP) is 4.75. The van der Waals surface area contributed by atoms with E-state index in [-0.39, 0.29) is 18.2 Å². The lowest BCUT2D eigenvalue weighted by molar-refractivity contribution is -0.131. The van der Waals surface area contributed by atoms with Crippen LogP contribution in [0.2, 0.25) is 0 Å². The van der Waals surface area contributed by atoms with E-state index in [1.54, 1.807) is 4.90 Å². The second-order valence-corrected chi connectivity index (χ2v) is 8.92. The van der Waals surface area contributed by atoms with Crippen molar-refractivity contribution in [3.05, 3.63) is 60.2 Å². The van der Waals surface area contributed by atoms with Crippen molar-refractivity contribution in [2.45, 2.75) is 44.9 Å². The lowest BCUT2D eigenvalue weighted by Gasteiger charge is -2.31. The molecule has 1 aliphatic heterocycles. The van der Waals surface area contributed by atoms with Gasteiger partial charge in [-0.05, 0) is 51.5 Å². The van der Waals surface area contributed by atoms with Gasteiger partial charge in [0.1, 0.15) is 5.25 Å². The van der Waals surface area contributed by atoms with E-state index in [2.05, 4.69) is 10.3 Å². The van der Waals surface area contributed by atoms with Crippen molar-refractivity contribution in [3.8, 4) is 0 Å². The number of aryl methyl sites for hydroxylation is 1. The van der Waals surface area contributed by atoms with E-state index in [1.165, 1.54) is 11.8 Å². The van der Waals surface area contributed by atoms with Crippen LogP contribution in [-0.4, -0.2) is 32.7 Å². The molecule has 0 radical (unpaired) electrons. The number of hydrogen-bond donors (Lipinski definition) is 1. The average Bonchev–Trinajstić information content (AvgIpc) is 2.93. The van der Waals surface area contributed by atoms with Crippen LogP contribution >= 0.6 is 11.8 Å². The number of benzene rings is 2. The van der Waals surface area contributed by atoms with Crippen LogP contribution in [0.15, 0.2) is 59.6 Å². The SMILES string of the molecule is Cc1ccccc1NC(=O)C[C@@H]1SC(=Nc2ccccc2)N(C(C)(C)C)C1=O. The zero-order chi connectivity index (χ0) is 20.3. The van der Waals surface area contributed by atoms with E-state index in [0.717, 1.165) is 16.9 Å². The zero-order valence-electron chi connectivity index (χ0n) is 16.6. The molecular formula is C22H25N3O2S. The summed E-state index contributed by atoms with van der Waals surface area (Å²) in [6, 6.07) is 17.2.